The Morgan fingerprint density at radius 1 is 1.25 bits per heavy atom. The minimum Gasteiger partial charge on any atom is -0.384 e. The maximum atomic E-state index is 13.1. The van der Waals surface area contributed by atoms with E-state index < -0.39 is 0 Å². The Morgan fingerprint density at radius 3 is 2.67 bits per heavy atom. The predicted octanol–water partition coefficient (Wildman–Crippen LogP) is 3.86. The molecule has 1 aromatic rings. The predicted molar refractivity (Wildman–Crippen MR) is 93.9 cm³/mol. The molecule has 24 heavy (non-hydrogen) atoms. The third-order valence-electron chi connectivity index (χ3n) is 5.28. The summed E-state index contributed by atoms with van der Waals surface area (Å²) >= 11 is 0. The number of fused-ring (bicyclic) bond motifs is 1. The van der Waals surface area contributed by atoms with Gasteiger partial charge in [0.2, 0.25) is 0 Å². The first-order valence-electron chi connectivity index (χ1n) is 8.37. The highest BCUT2D eigenvalue weighted by Crippen LogP contribution is 2.44. The average Bonchev–Trinajstić information content (AvgIpc) is 2.59. The van der Waals surface area contributed by atoms with Gasteiger partial charge < -0.3 is 19.5 Å². The van der Waals surface area contributed by atoms with Crippen molar-refractivity contribution in [3.8, 4) is 0 Å². The lowest BCUT2D eigenvalue weighted by Gasteiger charge is -2.54. The summed E-state index contributed by atoms with van der Waals surface area (Å²) in [4.78, 5) is 0. The molecule has 0 radical (unpaired) electrons. The van der Waals surface area contributed by atoms with E-state index in [0.29, 0.717) is 12.5 Å². The number of halogens is 1. The average molecular weight is 339 g/mol. The van der Waals surface area contributed by atoms with Gasteiger partial charge in [0.05, 0.1) is 18.8 Å². The summed E-state index contributed by atoms with van der Waals surface area (Å²) in [5.74, 6) is 0.131. The molecule has 136 valence electrons. The molecule has 2 aliphatic rings. The topological polar surface area (TPSA) is 39.7 Å². The van der Waals surface area contributed by atoms with Gasteiger partial charge in [-0.25, -0.2) is 4.39 Å². The highest BCUT2D eigenvalue weighted by Gasteiger charge is 2.54. The van der Waals surface area contributed by atoms with Gasteiger partial charge in [-0.05, 0) is 49.9 Å². The van der Waals surface area contributed by atoms with Gasteiger partial charge in [0.1, 0.15) is 11.4 Å². The summed E-state index contributed by atoms with van der Waals surface area (Å²) in [7, 11) is 3.51. The number of anilines is 1. The molecule has 2 fully saturated rings. The molecule has 1 aromatic carbocycles. The molecule has 1 heterocycles. The van der Waals surface area contributed by atoms with Crippen molar-refractivity contribution in [2.24, 2.45) is 5.92 Å². The monoisotopic (exact) mass is 339 g/mol. The van der Waals surface area contributed by atoms with Crippen LogP contribution in [0, 0.1) is 11.7 Å². The van der Waals surface area contributed by atoms with Gasteiger partial charge in [-0.15, -0.1) is 0 Å². The molecule has 1 saturated heterocycles. The lowest BCUT2D eigenvalue weighted by molar-refractivity contribution is -0.210. The van der Waals surface area contributed by atoms with Crippen LogP contribution in [0.2, 0.25) is 0 Å². The molecule has 1 unspecified atom stereocenters. The summed E-state index contributed by atoms with van der Waals surface area (Å²) in [5, 5.41) is 3.55. The largest absolute Gasteiger partial charge is 0.384 e. The van der Waals surface area contributed by atoms with E-state index in [0.717, 1.165) is 38.0 Å². The molecule has 1 saturated carbocycles. The van der Waals surface area contributed by atoms with Crippen molar-refractivity contribution in [3.63, 3.8) is 0 Å². The van der Waals surface area contributed by atoms with E-state index in [2.05, 4.69) is 5.32 Å². The van der Waals surface area contributed by atoms with Crippen LogP contribution in [0.15, 0.2) is 24.3 Å². The fraction of sp³-hybridized carbons (Fsp3) is 0.684. The number of benzene rings is 1. The normalized spacial score (nSPS) is 32.5. The highest BCUT2D eigenvalue weighted by atomic mass is 19.1. The molecule has 4 nitrogen and oxygen atoms in total. The summed E-state index contributed by atoms with van der Waals surface area (Å²) in [6, 6.07) is 6.66. The fourth-order valence-electron chi connectivity index (χ4n) is 4.21. The number of hydrogen-bond donors (Lipinski definition) is 1. The Labute approximate surface area is 144 Å². The van der Waals surface area contributed by atoms with E-state index in [-0.39, 0.29) is 31.0 Å². The summed E-state index contributed by atoms with van der Waals surface area (Å²) in [5.41, 5.74) is 0.566. The third-order valence-corrected chi connectivity index (χ3v) is 5.28. The van der Waals surface area contributed by atoms with E-state index in [1.165, 1.54) is 12.1 Å². The van der Waals surface area contributed by atoms with Crippen molar-refractivity contribution in [1.82, 2.24) is 0 Å². The second kappa shape index (κ2) is 8.28. The van der Waals surface area contributed by atoms with Crippen LogP contribution >= 0.6 is 0 Å². The number of methoxy groups -OCH3 is 2. The first kappa shape index (κ1) is 19.2. The van der Waals surface area contributed by atoms with Gasteiger partial charge in [0.25, 0.3) is 0 Å². The van der Waals surface area contributed by atoms with Crippen molar-refractivity contribution in [2.75, 3.05) is 32.8 Å². The van der Waals surface area contributed by atoms with Crippen molar-refractivity contribution >= 4 is 5.69 Å². The lowest BCUT2D eigenvalue weighted by atomic mass is 9.69. The Bertz CT molecular complexity index is 510. The van der Waals surface area contributed by atoms with Crippen LogP contribution in [0.4, 0.5) is 10.1 Å². The first-order chi connectivity index (χ1) is 11.2. The second-order valence-electron chi connectivity index (χ2n) is 6.55. The van der Waals surface area contributed by atoms with Crippen molar-refractivity contribution in [3.05, 3.63) is 30.1 Å². The van der Waals surface area contributed by atoms with E-state index in [1.807, 2.05) is 0 Å². The quantitative estimate of drug-likeness (QED) is 0.884. The van der Waals surface area contributed by atoms with Crippen LogP contribution in [-0.2, 0) is 14.2 Å². The van der Waals surface area contributed by atoms with E-state index in [9.17, 15) is 4.39 Å². The van der Waals surface area contributed by atoms with Gasteiger partial charge in [0, 0.05) is 32.4 Å². The molecule has 0 amide bonds. The van der Waals surface area contributed by atoms with Crippen LogP contribution in [0.3, 0.4) is 0 Å². The van der Waals surface area contributed by atoms with Gasteiger partial charge in [0.15, 0.2) is 0 Å². The van der Waals surface area contributed by atoms with Gasteiger partial charge >= 0.3 is 0 Å². The van der Waals surface area contributed by atoms with Crippen LogP contribution < -0.4 is 5.32 Å². The zero-order valence-electron chi connectivity index (χ0n) is 13.9. The Kier molecular flexibility index (Phi) is 6.61. The molecule has 1 aliphatic heterocycles. The molecule has 3 rings (SSSR count). The first-order valence-corrected chi connectivity index (χ1v) is 8.37. The van der Waals surface area contributed by atoms with E-state index in [4.69, 9.17) is 14.2 Å². The lowest BCUT2D eigenvalue weighted by Crippen LogP contribution is -2.65. The number of hydrogen-bond acceptors (Lipinski definition) is 4. The van der Waals surface area contributed by atoms with Crippen molar-refractivity contribution in [1.29, 1.82) is 0 Å². The second-order valence-corrected chi connectivity index (χ2v) is 6.55. The van der Waals surface area contributed by atoms with Crippen molar-refractivity contribution < 1.29 is 18.6 Å². The SMILES string of the molecule is C.COCC1CC[C@H](Nc2ccc(F)cc2)[C@]2(OC)CCCO[C@H]12. The van der Waals surface area contributed by atoms with Crippen molar-refractivity contribution in [2.45, 2.75) is 50.9 Å². The minimum atomic E-state index is -0.353. The molecule has 0 spiro atoms. The molecule has 5 heteroatoms. The number of rotatable bonds is 5. The molecule has 4 atom stereocenters. The zero-order valence-corrected chi connectivity index (χ0v) is 13.9. The Balaban J connectivity index is 0.00000208. The zero-order chi connectivity index (χ0) is 16.3. The molecule has 0 aromatic heterocycles. The smallest absolute Gasteiger partial charge is 0.123 e. The fourth-order valence-corrected chi connectivity index (χ4v) is 4.21. The number of nitrogens with one attached hydrogen (secondary N) is 1. The van der Waals surface area contributed by atoms with Gasteiger partial charge in [-0.1, -0.05) is 7.43 Å². The van der Waals surface area contributed by atoms with E-state index in [1.54, 1.807) is 26.4 Å². The summed E-state index contributed by atoms with van der Waals surface area (Å²) in [6.07, 6.45) is 4.01. The van der Waals surface area contributed by atoms with Gasteiger partial charge in [-0.2, -0.15) is 0 Å². The maximum Gasteiger partial charge on any atom is 0.123 e. The minimum absolute atomic E-state index is 0. The summed E-state index contributed by atoms with van der Waals surface area (Å²) in [6.45, 7) is 1.47. The molecular weight excluding hydrogens is 309 g/mol. The van der Waals surface area contributed by atoms with Crippen LogP contribution in [0.25, 0.3) is 0 Å². The van der Waals surface area contributed by atoms with Crippen LogP contribution in [-0.4, -0.2) is 45.2 Å². The summed E-state index contributed by atoms with van der Waals surface area (Å²) < 4.78 is 30.7. The Hall–Kier alpha value is -1.17. The van der Waals surface area contributed by atoms with Crippen LogP contribution in [0.1, 0.15) is 33.1 Å². The Morgan fingerprint density at radius 2 is 2.00 bits per heavy atom. The molecule has 1 aliphatic carbocycles. The molecule has 1 N–H and O–H groups in total. The maximum absolute atomic E-state index is 13.1. The standard InChI is InChI=1S/C18H26FNO3.CH4/c1-21-12-13-4-9-16(20-15-7-5-14(19)6-8-15)18(22-2)10-3-11-23-17(13)18;/h5-8,13,16-17,20H,3-4,9-12H2,1-2H3;1H4/t13?,16-,17+,18+;/m0./s1. The third kappa shape index (κ3) is 3.58. The van der Waals surface area contributed by atoms with Crippen LogP contribution in [0.5, 0.6) is 0 Å². The van der Waals surface area contributed by atoms with Gasteiger partial charge in [-0.3, -0.25) is 0 Å². The molecule has 0 bridgehead atoms. The highest BCUT2D eigenvalue weighted by molar-refractivity contribution is 5.45. The molecular formula is C19H30FNO3. The number of ether oxygens (including phenoxy) is 3. The van der Waals surface area contributed by atoms with E-state index >= 15 is 0 Å².